The van der Waals surface area contributed by atoms with Crippen molar-refractivity contribution in [2.45, 2.75) is 33.2 Å². The molecule has 1 N–H and O–H groups in total. The molecule has 1 aliphatic heterocycles. The van der Waals surface area contributed by atoms with Crippen molar-refractivity contribution in [1.82, 2.24) is 15.4 Å². The summed E-state index contributed by atoms with van der Waals surface area (Å²) in [4.78, 5) is 18.6. The van der Waals surface area contributed by atoms with Crippen LogP contribution in [-0.4, -0.2) is 48.2 Å². The van der Waals surface area contributed by atoms with E-state index in [0.29, 0.717) is 19.7 Å². The Morgan fingerprint density at radius 2 is 2.45 bits per heavy atom. The van der Waals surface area contributed by atoms with Crippen molar-refractivity contribution in [3.8, 4) is 0 Å². The molecule has 1 unspecified atom stereocenters. The summed E-state index contributed by atoms with van der Waals surface area (Å²) in [5.74, 6) is 0.614. The van der Waals surface area contributed by atoms with Crippen molar-refractivity contribution < 1.29 is 14.1 Å². The molecule has 122 valence electrons. The number of hydrogen-bond donors (Lipinski definition) is 1. The van der Waals surface area contributed by atoms with Crippen LogP contribution >= 0.6 is 0 Å². The molecule has 2 rings (SSSR count). The predicted octanol–water partition coefficient (Wildman–Crippen LogP) is 1.42. The van der Waals surface area contributed by atoms with Crippen molar-refractivity contribution in [2.75, 3.05) is 26.2 Å². The minimum atomic E-state index is -0.112. The molecule has 1 aromatic rings. The number of ether oxygens (including phenoxy) is 1. The fraction of sp³-hybridized carbons (Fsp3) is 0.667. The summed E-state index contributed by atoms with van der Waals surface area (Å²) < 4.78 is 9.95. The van der Waals surface area contributed by atoms with Gasteiger partial charge >= 0.3 is 5.97 Å². The van der Waals surface area contributed by atoms with Gasteiger partial charge in [-0.1, -0.05) is 5.16 Å². The van der Waals surface area contributed by atoms with Gasteiger partial charge in [-0.25, -0.2) is 4.99 Å². The zero-order valence-corrected chi connectivity index (χ0v) is 13.2. The summed E-state index contributed by atoms with van der Waals surface area (Å²) in [7, 11) is 0. The van der Waals surface area contributed by atoms with Gasteiger partial charge < -0.3 is 19.5 Å². The predicted molar refractivity (Wildman–Crippen MR) is 82.2 cm³/mol. The van der Waals surface area contributed by atoms with Gasteiger partial charge in [0.1, 0.15) is 12.0 Å². The molecule has 0 aromatic carbocycles. The van der Waals surface area contributed by atoms with Gasteiger partial charge in [-0.05, 0) is 26.7 Å². The number of nitrogens with one attached hydrogen (secondary N) is 1. The molecule has 1 fully saturated rings. The van der Waals surface area contributed by atoms with E-state index < -0.39 is 0 Å². The number of aliphatic imine (C=N–C) groups is 1. The molecule has 0 spiro atoms. The van der Waals surface area contributed by atoms with Gasteiger partial charge in [0.05, 0.1) is 19.1 Å². The molecule has 7 nitrogen and oxygen atoms in total. The van der Waals surface area contributed by atoms with E-state index in [1.54, 1.807) is 6.07 Å². The minimum Gasteiger partial charge on any atom is -0.466 e. The van der Waals surface area contributed by atoms with Gasteiger partial charge in [-0.15, -0.1) is 0 Å². The fourth-order valence-corrected chi connectivity index (χ4v) is 2.52. The summed E-state index contributed by atoms with van der Waals surface area (Å²) in [6.07, 6.45) is 3.37. The van der Waals surface area contributed by atoms with Crippen LogP contribution in [-0.2, 0) is 16.1 Å². The minimum absolute atomic E-state index is 0.0791. The van der Waals surface area contributed by atoms with E-state index in [-0.39, 0.29) is 11.9 Å². The van der Waals surface area contributed by atoms with E-state index in [4.69, 9.17) is 9.26 Å². The molecule has 1 aromatic heterocycles. The van der Waals surface area contributed by atoms with Crippen molar-refractivity contribution >= 4 is 11.9 Å². The molecular formula is C15H24N4O3. The van der Waals surface area contributed by atoms with Crippen LogP contribution in [0.5, 0.6) is 0 Å². The molecule has 0 bridgehead atoms. The van der Waals surface area contributed by atoms with E-state index in [9.17, 15) is 4.79 Å². The van der Waals surface area contributed by atoms with Gasteiger partial charge in [0.2, 0.25) is 0 Å². The molecule has 1 saturated heterocycles. The SMILES string of the molecule is CCNC(=NCc1ccon1)N1CCCC(C(=O)OCC)C1. The Kier molecular flexibility index (Phi) is 6.24. The average molecular weight is 308 g/mol. The van der Waals surface area contributed by atoms with Gasteiger partial charge in [-0.2, -0.15) is 0 Å². The van der Waals surface area contributed by atoms with Crippen LogP contribution in [0.4, 0.5) is 0 Å². The van der Waals surface area contributed by atoms with Crippen LogP contribution in [0.15, 0.2) is 21.8 Å². The summed E-state index contributed by atoms with van der Waals surface area (Å²) >= 11 is 0. The number of carbonyl (C=O) groups excluding carboxylic acids is 1. The number of aromatic nitrogens is 1. The highest BCUT2D eigenvalue weighted by Crippen LogP contribution is 2.18. The Hall–Kier alpha value is -2.05. The highest BCUT2D eigenvalue weighted by atomic mass is 16.5. The lowest BCUT2D eigenvalue weighted by atomic mass is 9.98. The highest BCUT2D eigenvalue weighted by Gasteiger charge is 2.28. The third kappa shape index (κ3) is 4.47. The number of likely N-dealkylation sites (tertiary alicyclic amines) is 1. The van der Waals surface area contributed by atoms with Crippen LogP contribution in [0.1, 0.15) is 32.4 Å². The largest absolute Gasteiger partial charge is 0.466 e. The second kappa shape index (κ2) is 8.41. The Morgan fingerprint density at radius 1 is 1.59 bits per heavy atom. The Morgan fingerprint density at radius 3 is 3.14 bits per heavy atom. The van der Waals surface area contributed by atoms with Crippen LogP contribution in [0.2, 0.25) is 0 Å². The van der Waals surface area contributed by atoms with E-state index in [1.165, 1.54) is 6.26 Å². The van der Waals surface area contributed by atoms with E-state index in [2.05, 4.69) is 20.4 Å². The van der Waals surface area contributed by atoms with Crippen LogP contribution in [0.3, 0.4) is 0 Å². The molecule has 0 amide bonds. The lowest BCUT2D eigenvalue weighted by Gasteiger charge is -2.33. The molecule has 22 heavy (non-hydrogen) atoms. The Labute approximate surface area is 130 Å². The lowest BCUT2D eigenvalue weighted by molar-refractivity contribution is -0.149. The first-order valence-corrected chi connectivity index (χ1v) is 7.83. The average Bonchev–Trinajstić information content (AvgIpc) is 3.05. The second-order valence-corrected chi connectivity index (χ2v) is 5.20. The number of hydrogen-bond acceptors (Lipinski definition) is 5. The Balaban J connectivity index is 2.00. The van der Waals surface area contributed by atoms with Crippen LogP contribution in [0.25, 0.3) is 0 Å². The normalized spacial score (nSPS) is 19.1. The monoisotopic (exact) mass is 308 g/mol. The van der Waals surface area contributed by atoms with Gasteiger partial charge in [0.25, 0.3) is 0 Å². The van der Waals surface area contributed by atoms with Crippen molar-refractivity contribution in [2.24, 2.45) is 10.9 Å². The van der Waals surface area contributed by atoms with E-state index in [0.717, 1.165) is 37.6 Å². The fourth-order valence-electron chi connectivity index (χ4n) is 2.52. The molecule has 0 radical (unpaired) electrons. The van der Waals surface area contributed by atoms with Gasteiger partial charge in [-0.3, -0.25) is 4.79 Å². The summed E-state index contributed by atoms with van der Waals surface area (Å²) in [6.45, 7) is 7.05. The molecule has 2 heterocycles. The lowest BCUT2D eigenvalue weighted by Crippen LogP contribution is -2.48. The summed E-state index contributed by atoms with van der Waals surface area (Å²) in [5.41, 5.74) is 0.786. The number of piperidine rings is 1. The summed E-state index contributed by atoms with van der Waals surface area (Å²) in [6, 6.07) is 1.80. The standard InChI is InChI=1S/C15H24N4O3/c1-3-16-15(17-10-13-7-9-22-18-13)19-8-5-6-12(11-19)14(20)21-4-2/h7,9,12H,3-6,8,10-11H2,1-2H3,(H,16,17). The number of carbonyl (C=O) groups is 1. The van der Waals surface area contributed by atoms with Crippen LogP contribution in [0, 0.1) is 5.92 Å². The van der Waals surface area contributed by atoms with Gasteiger partial charge in [0, 0.05) is 25.7 Å². The van der Waals surface area contributed by atoms with E-state index in [1.807, 2.05) is 13.8 Å². The first-order valence-electron chi connectivity index (χ1n) is 7.83. The molecule has 1 atom stereocenters. The maximum absolute atomic E-state index is 11.9. The molecule has 7 heteroatoms. The van der Waals surface area contributed by atoms with Crippen LogP contribution < -0.4 is 5.32 Å². The molecule has 0 saturated carbocycles. The molecule has 0 aliphatic carbocycles. The third-order valence-corrected chi connectivity index (χ3v) is 3.56. The third-order valence-electron chi connectivity index (χ3n) is 3.56. The maximum Gasteiger partial charge on any atom is 0.310 e. The number of esters is 1. The molecule has 1 aliphatic rings. The van der Waals surface area contributed by atoms with Crippen molar-refractivity contribution in [1.29, 1.82) is 0 Å². The number of guanidine groups is 1. The molecular weight excluding hydrogens is 284 g/mol. The smallest absolute Gasteiger partial charge is 0.310 e. The first kappa shape index (κ1) is 16.3. The highest BCUT2D eigenvalue weighted by molar-refractivity contribution is 5.81. The first-order chi connectivity index (χ1) is 10.7. The van der Waals surface area contributed by atoms with Crippen molar-refractivity contribution in [3.63, 3.8) is 0 Å². The topological polar surface area (TPSA) is 80.0 Å². The zero-order chi connectivity index (χ0) is 15.8. The second-order valence-electron chi connectivity index (χ2n) is 5.20. The summed E-state index contributed by atoms with van der Waals surface area (Å²) in [5, 5.41) is 7.13. The maximum atomic E-state index is 11.9. The zero-order valence-electron chi connectivity index (χ0n) is 13.2. The van der Waals surface area contributed by atoms with Gasteiger partial charge in [0.15, 0.2) is 5.96 Å². The number of nitrogens with zero attached hydrogens (tertiary/aromatic N) is 3. The van der Waals surface area contributed by atoms with E-state index >= 15 is 0 Å². The Bertz CT molecular complexity index is 487. The quantitative estimate of drug-likeness (QED) is 0.503. The van der Waals surface area contributed by atoms with Crippen molar-refractivity contribution in [3.05, 3.63) is 18.0 Å². The number of rotatable bonds is 5.